The van der Waals surface area contributed by atoms with E-state index in [-0.39, 0.29) is 4.90 Å². The van der Waals surface area contributed by atoms with Crippen molar-refractivity contribution in [2.75, 3.05) is 6.26 Å². The van der Waals surface area contributed by atoms with E-state index in [2.05, 4.69) is 15.9 Å². The van der Waals surface area contributed by atoms with Gasteiger partial charge in [0.2, 0.25) is 0 Å². The molecule has 0 aliphatic carbocycles. The molecule has 0 fully saturated rings. The molecule has 0 spiro atoms. The molecule has 0 N–H and O–H groups in total. The third-order valence-corrected chi connectivity index (χ3v) is 6.17. The standard InChI is InChI=1S/C21H14BrClN2O2S/c1-28(26,27)17-9-4-14(5-10-17)20-21(13-2-7-16(23)8-3-13)25-19-12-15(22)6-11-18(19)24-20/h2-12H,1H3. The lowest BCUT2D eigenvalue weighted by Crippen LogP contribution is -1.98. The average molecular weight is 474 g/mol. The third-order valence-electron chi connectivity index (χ3n) is 4.30. The molecular formula is C21H14BrClN2O2S. The Morgan fingerprint density at radius 3 is 1.89 bits per heavy atom. The summed E-state index contributed by atoms with van der Waals surface area (Å²) in [5.41, 5.74) is 4.56. The van der Waals surface area contributed by atoms with E-state index in [1.165, 1.54) is 6.26 Å². The van der Waals surface area contributed by atoms with Gasteiger partial charge in [0.1, 0.15) is 0 Å². The van der Waals surface area contributed by atoms with Crippen LogP contribution in [0.25, 0.3) is 33.5 Å². The molecule has 0 amide bonds. The van der Waals surface area contributed by atoms with Crippen molar-refractivity contribution in [2.24, 2.45) is 0 Å². The molecule has 4 rings (SSSR count). The lowest BCUT2D eigenvalue weighted by atomic mass is 10.0. The van der Waals surface area contributed by atoms with E-state index in [1.807, 2.05) is 30.3 Å². The van der Waals surface area contributed by atoms with Crippen LogP contribution in [0.2, 0.25) is 5.02 Å². The minimum atomic E-state index is -3.26. The summed E-state index contributed by atoms with van der Waals surface area (Å²) in [6.45, 7) is 0. The topological polar surface area (TPSA) is 59.9 Å². The first-order valence-electron chi connectivity index (χ1n) is 8.35. The van der Waals surface area contributed by atoms with Crippen molar-refractivity contribution in [3.63, 3.8) is 0 Å². The third kappa shape index (κ3) is 3.81. The molecule has 0 atom stereocenters. The van der Waals surface area contributed by atoms with E-state index >= 15 is 0 Å². The van der Waals surface area contributed by atoms with E-state index in [1.54, 1.807) is 36.4 Å². The Balaban J connectivity index is 1.96. The molecule has 4 nitrogen and oxygen atoms in total. The molecule has 0 saturated carbocycles. The number of hydrogen-bond donors (Lipinski definition) is 0. The SMILES string of the molecule is CS(=O)(=O)c1ccc(-c2nc3ccc(Br)cc3nc2-c2ccc(Cl)cc2)cc1. The number of hydrogen-bond acceptors (Lipinski definition) is 4. The molecule has 140 valence electrons. The van der Waals surface area contributed by atoms with Gasteiger partial charge in [-0.2, -0.15) is 0 Å². The predicted molar refractivity (Wildman–Crippen MR) is 116 cm³/mol. The summed E-state index contributed by atoms with van der Waals surface area (Å²) in [7, 11) is -3.26. The smallest absolute Gasteiger partial charge is 0.175 e. The van der Waals surface area contributed by atoms with Crippen molar-refractivity contribution in [3.05, 3.63) is 76.2 Å². The van der Waals surface area contributed by atoms with Crippen molar-refractivity contribution in [1.29, 1.82) is 0 Å². The molecule has 7 heteroatoms. The van der Waals surface area contributed by atoms with Crippen molar-refractivity contribution in [1.82, 2.24) is 9.97 Å². The second kappa shape index (κ2) is 7.28. The van der Waals surface area contributed by atoms with Crippen LogP contribution < -0.4 is 0 Å². The highest BCUT2D eigenvalue weighted by Gasteiger charge is 2.15. The summed E-state index contributed by atoms with van der Waals surface area (Å²) >= 11 is 9.50. The predicted octanol–water partition coefficient (Wildman–Crippen LogP) is 5.78. The highest BCUT2D eigenvalue weighted by molar-refractivity contribution is 9.10. The Morgan fingerprint density at radius 2 is 1.32 bits per heavy atom. The van der Waals surface area contributed by atoms with Crippen LogP contribution in [0.5, 0.6) is 0 Å². The second-order valence-electron chi connectivity index (χ2n) is 6.36. The molecule has 0 saturated heterocycles. The molecule has 1 heterocycles. The van der Waals surface area contributed by atoms with Crippen LogP contribution in [0, 0.1) is 0 Å². The summed E-state index contributed by atoms with van der Waals surface area (Å²) in [4.78, 5) is 9.91. The van der Waals surface area contributed by atoms with Gasteiger partial charge >= 0.3 is 0 Å². The van der Waals surface area contributed by atoms with Gasteiger partial charge in [-0.05, 0) is 42.5 Å². The van der Waals surface area contributed by atoms with Gasteiger partial charge in [-0.3, -0.25) is 0 Å². The maximum atomic E-state index is 11.8. The monoisotopic (exact) mass is 472 g/mol. The summed E-state index contributed by atoms with van der Waals surface area (Å²) < 4.78 is 24.4. The number of rotatable bonds is 3. The first kappa shape index (κ1) is 19.1. The lowest BCUT2D eigenvalue weighted by molar-refractivity contribution is 0.602. The fourth-order valence-corrected chi connectivity index (χ4v) is 4.00. The Labute approximate surface area is 176 Å². The zero-order valence-electron chi connectivity index (χ0n) is 14.7. The van der Waals surface area contributed by atoms with Gasteiger partial charge in [0.05, 0.1) is 27.3 Å². The Kier molecular flexibility index (Phi) is 4.95. The van der Waals surface area contributed by atoms with E-state index in [0.717, 1.165) is 26.6 Å². The Morgan fingerprint density at radius 1 is 0.786 bits per heavy atom. The summed E-state index contributed by atoms with van der Waals surface area (Å²) in [6, 6.07) is 19.8. The van der Waals surface area contributed by atoms with E-state index in [9.17, 15) is 8.42 Å². The van der Waals surface area contributed by atoms with Crippen LogP contribution in [0.15, 0.2) is 76.1 Å². The highest BCUT2D eigenvalue weighted by atomic mass is 79.9. The lowest BCUT2D eigenvalue weighted by Gasteiger charge is -2.11. The highest BCUT2D eigenvalue weighted by Crippen LogP contribution is 2.32. The van der Waals surface area contributed by atoms with Gasteiger partial charge < -0.3 is 0 Å². The average Bonchev–Trinajstić information content (AvgIpc) is 2.67. The molecule has 1 aromatic heterocycles. The molecule has 0 bridgehead atoms. The van der Waals surface area contributed by atoms with Crippen LogP contribution in [0.1, 0.15) is 0 Å². The van der Waals surface area contributed by atoms with Gasteiger partial charge in [-0.1, -0.05) is 51.8 Å². The zero-order chi connectivity index (χ0) is 19.9. The Bertz CT molecular complexity index is 1290. The number of aromatic nitrogens is 2. The number of fused-ring (bicyclic) bond motifs is 1. The first-order valence-corrected chi connectivity index (χ1v) is 11.4. The van der Waals surface area contributed by atoms with Crippen molar-refractivity contribution < 1.29 is 8.42 Å². The molecule has 3 aromatic carbocycles. The van der Waals surface area contributed by atoms with Crippen LogP contribution in [-0.2, 0) is 9.84 Å². The van der Waals surface area contributed by atoms with E-state index in [4.69, 9.17) is 21.6 Å². The largest absolute Gasteiger partial charge is 0.244 e. The van der Waals surface area contributed by atoms with E-state index < -0.39 is 9.84 Å². The zero-order valence-corrected chi connectivity index (χ0v) is 17.9. The maximum absolute atomic E-state index is 11.8. The summed E-state index contributed by atoms with van der Waals surface area (Å²) in [6.07, 6.45) is 1.19. The molecule has 0 radical (unpaired) electrons. The van der Waals surface area contributed by atoms with Crippen LogP contribution in [-0.4, -0.2) is 24.6 Å². The molecule has 4 aromatic rings. The number of halogens is 2. The molecular weight excluding hydrogens is 460 g/mol. The summed E-state index contributed by atoms with van der Waals surface area (Å²) in [5, 5.41) is 0.638. The van der Waals surface area contributed by atoms with Crippen LogP contribution in [0.4, 0.5) is 0 Å². The fourth-order valence-electron chi connectivity index (χ4n) is 2.90. The van der Waals surface area contributed by atoms with Gasteiger partial charge in [0, 0.05) is 26.9 Å². The number of sulfone groups is 1. The second-order valence-corrected chi connectivity index (χ2v) is 9.73. The van der Waals surface area contributed by atoms with Crippen LogP contribution in [0.3, 0.4) is 0 Å². The van der Waals surface area contributed by atoms with E-state index in [0.29, 0.717) is 16.4 Å². The normalized spacial score (nSPS) is 11.7. The maximum Gasteiger partial charge on any atom is 0.175 e. The van der Waals surface area contributed by atoms with Gasteiger partial charge in [0.15, 0.2) is 9.84 Å². The van der Waals surface area contributed by atoms with Crippen molar-refractivity contribution >= 4 is 48.4 Å². The molecule has 0 aliphatic rings. The minimum absolute atomic E-state index is 0.266. The minimum Gasteiger partial charge on any atom is -0.244 e. The number of benzene rings is 3. The van der Waals surface area contributed by atoms with Crippen molar-refractivity contribution in [2.45, 2.75) is 4.90 Å². The van der Waals surface area contributed by atoms with Crippen LogP contribution >= 0.6 is 27.5 Å². The van der Waals surface area contributed by atoms with Gasteiger partial charge in [-0.15, -0.1) is 0 Å². The molecule has 28 heavy (non-hydrogen) atoms. The van der Waals surface area contributed by atoms with Gasteiger partial charge in [-0.25, -0.2) is 18.4 Å². The van der Waals surface area contributed by atoms with Crippen molar-refractivity contribution in [3.8, 4) is 22.5 Å². The molecule has 0 aliphatic heterocycles. The fraction of sp³-hybridized carbons (Fsp3) is 0.0476. The number of nitrogens with zero attached hydrogens (tertiary/aromatic N) is 2. The molecule has 0 unspecified atom stereocenters. The van der Waals surface area contributed by atoms with Gasteiger partial charge in [0.25, 0.3) is 0 Å². The Hall–Kier alpha value is -2.28. The first-order chi connectivity index (χ1) is 13.3. The summed E-state index contributed by atoms with van der Waals surface area (Å²) in [5.74, 6) is 0. The quantitative estimate of drug-likeness (QED) is 0.378.